The first-order valence-corrected chi connectivity index (χ1v) is 10.6. The minimum atomic E-state index is -0.0822. The maximum Gasteiger partial charge on any atom is 0.270 e. The molecule has 0 aliphatic carbocycles. The fourth-order valence-corrected chi connectivity index (χ4v) is 4.07. The number of aromatic nitrogens is 2. The fraction of sp³-hybridized carbons (Fsp3) is 0.320. The zero-order chi connectivity index (χ0) is 22.8. The monoisotopic (exact) mass is 430 g/mol. The molecule has 1 N–H and O–H groups in total. The van der Waals surface area contributed by atoms with Crippen LogP contribution in [0.1, 0.15) is 38.5 Å². The van der Waals surface area contributed by atoms with Gasteiger partial charge < -0.3 is 9.64 Å². The third-order valence-corrected chi connectivity index (χ3v) is 6.14. The fourth-order valence-electron chi connectivity index (χ4n) is 4.07. The minimum absolute atomic E-state index is 0.0186. The highest BCUT2D eigenvalue weighted by molar-refractivity contribution is 5.96. The van der Waals surface area contributed by atoms with Crippen molar-refractivity contribution < 1.29 is 9.53 Å². The predicted octanol–water partition coefficient (Wildman–Crippen LogP) is 3.22. The van der Waals surface area contributed by atoms with E-state index in [0.717, 1.165) is 22.4 Å². The second kappa shape index (κ2) is 8.85. The Morgan fingerprint density at radius 2 is 1.91 bits per heavy atom. The van der Waals surface area contributed by atoms with Crippen molar-refractivity contribution in [3.63, 3.8) is 0 Å². The van der Waals surface area contributed by atoms with Crippen LogP contribution in [0.2, 0.25) is 0 Å². The van der Waals surface area contributed by atoms with E-state index in [-0.39, 0.29) is 17.4 Å². The molecule has 164 valence electrons. The lowest BCUT2D eigenvalue weighted by Gasteiger charge is -2.39. The van der Waals surface area contributed by atoms with Crippen LogP contribution in [0.4, 0.5) is 0 Å². The molecule has 4 rings (SSSR count). The quantitative estimate of drug-likeness (QED) is 0.650. The van der Waals surface area contributed by atoms with Crippen LogP contribution in [0.5, 0.6) is 0 Å². The van der Waals surface area contributed by atoms with Crippen LogP contribution in [-0.2, 0) is 11.3 Å². The Bertz CT molecular complexity index is 1240. The van der Waals surface area contributed by atoms with Gasteiger partial charge in [-0.3, -0.25) is 19.4 Å². The van der Waals surface area contributed by atoms with Gasteiger partial charge in [-0.15, -0.1) is 0 Å². The molecule has 1 fully saturated rings. The van der Waals surface area contributed by atoms with Gasteiger partial charge in [0.1, 0.15) is 0 Å². The minimum Gasteiger partial charge on any atom is -0.383 e. The van der Waals surface area contributed by atoms with E-state index in [4.69, 9.17) is 10.00 Å². The number of amides is 1. The number of aromatic amines is 1. The molecule has 0 spiro atoms. The van der Waals surface area contributed by atoms with Crippen molar-refractivity contribution >= 4 is 5.91 Å². The van der Waals surface area contributed by atoms with Crippen LogP contribution in [0.25, 0.3) is 11.3 Å². The predicted molar refractivity (Wildman–Crippen MR) is 122 cm³/mol. The van der Waals surface area contributed by atoms with Crippen LogP contribution >= 0.6 is 0 Å². The molecule has 0 radical (unpaired) electrons. The van der Waals surface area contributed by atoms with Crippen molar-refractivity contribution in [2.24, 2.45) is 0 Å². The number of hydrogen-bond acceptors (Lipinski definition) is 4. The summed E-state index contributed by atoms with van der Waals surface area (Å²) in [5, 5.41) is 12.1. The van der Waals surface area contributed by atoms with E-state index in [9.17, 15) is 9.59 Å². The Morgan fingerprint density at radius 3 is 2.56 bits per heavy atom. The molecule has 1 saturated heterocycles. The highest BCUT2D eigenvalue weighted by atomic mass is 16.5. The van der Waals surface area contributed by atoms with Gasteiger partial charge in [-0.1, -0.05) is 18.2 Å². The third-order valence-electron chi connectivity index (χ3n) is 6.14. The lowest BCUT2D eigenvalue weighted by molar-refractivity contribution is 0.0602. The van der Waals surface area contributed by atoms with Gasteiger partial charge in [0.15, 0.2) is 0 Å². The summed E-state index contributed by atoms with van der Waals surface area (Å²) in [5.41, 5.74) is 5.50. The number of rotatable bonds is 6. The standard InChI is InChI=1S/C25H26N4O3/c1-16-4-7-20(12-22(16)23-17(2)24(30)29(27-23)10-11-32-3)25(31)28-14-21(15-28)19-8-5-18(13-26)6-9-19/h4-9,12,21,27H,10-11,14-15H2,1-3H3. The molecule has 0 bridgehead atoms. The van der Waals surface area contributed by atoms with E-state index >= 15 is 0 Å². The molecule has 1 amide bonds. The van der Waals surface area contributed by atoms with Gasteiger partial charge in [0.25, 0.3) is 11.5 Å². The van der Waals surface area contributed by atoms with Gasteiger partial charge in [-0.2, -0.15) is 5.26 Å². The highest BCUT2D eigenvalue weighted by Crippen LogP contribution is 2.30. The van der Waals surface area contributed by atoms with Crippen molar-refractivity contribution in [1.29, 1.82) is 5.26 Å². The number of methoxy groups -OCH3 is 1. The summed E-state index contributed by atoms with van der Waals surface area (Å²) in [6.07, 6.45) is 0. The van der Waals surface area contributed by atoms with E-state index in [2.05, 4.69) is 11.2 Å². The number of nitriles is 1. The molecule has 7 heteroatoms. The number of H-pyrrole nitrogens is 1. The molecule has 0 saturated carbocycles. The van der Waals surface area contributed by atoms with Crippen molar-refractivity contribution in [3.05, 3.63) is 80.6 Å². The first-order chi connectivity index (χ1) is 15.4. The number of likely N-dealkylation sites (tertiary alicyclic amines) is 1. The molecule has 0 atom stereocenters. The average molecular weight is 431 g/mol. The number of carbonyl (C=O) groups is 1. The van der Waals surface area contributed by atoms with Crippen molar-refractivity contribution in [2.75, 3.05) is 26.8 Å². The van der Waals surface area contributed by atoms with Crippen LogP contribution in [0.15, 0.2) is 47.3 Å². The number of carbonyl (C=O) groups excluding carboxylic acids is 1. The molecule has 1 aromatic heterocycles. The molecule has 2 heterocycles. The molecule has 0 unspecified atom stereocenters. The second-order valence-corrected chi connectivity index (χ2v) is 8.23. The second-order valence-electron chi connectivity index (χ2n) is 8.23. The molecule has 3 aromatic rings. The molecule has 1 aliphatic heterocycles. The summed E-state index contributed by atoms with van der Waals surface area (Å²) in [5.74, 6) is 0.264. The average Bonchev–Trinajstić information content (AvgIpc) is 3.05. The Morgan fingerprint density at radius 1 is 1.19 bits per heavy atom. The smallest absolute Gasteiger partial charge is 0.270 e. The Labute approximate surface area is 186 Å². The lowest BCUT2D eigenvalue weighted by Crippen LogP contribution is -2.48. The molecular weight excluding hydrogens is 404 g/mol. The SMILES string of the molecule is COCCn1[nH]c(-c2cc(C(=O)N3CC(c4ccc(C#N)cc4)C3)ccc2C)c(C)c1=O. The van der Waals surface area contributed by atoms with E-state index in [0.29, 0.717) is 42.9 Å². The molecule has 32 heavy (non-hydrogen) atoms. The topological polar surface area (TPSA) is 91.1 Å². The summed E-state index contributed by atoms with van der Waals surface area (Å²) < 4.78 is 6.62. The molecule has 7 nitrogen and oxygen atoms in total. The van der Waals surface area contributed by atoms with E-state index in [1.54, 1.807) is 18.7 Å². The third kappa shape index (κ3) is 3.97. The highest BCUT2D eigenvalue weighted by Gasteiger charge is 2.32. The number of aryl methyl sites for hydroxylation is 1. The van der Waals surface area contributed by atoms with Crippen LogP contribution < -0.4 is 5.56 Å². The van der Waals surface area contributed by atoms with Gasteiger partial charge in [-0.25, -0.2) is 0 Å². The van der Waals surface area contributed by atoms with Gasteiger partial charge in [0.2, 0.25) is 0 Å². The Kier molecular flexibility index (Phi) is 5.97. The number of nitrogens with zero attached hydrogens (tertiary/aromatic N) is 3. The summed E-state index contributed by atoms with van der Waals surface area (Å²) in [7, 11) is 1.60. The summed E-state index contributed by atoms with van der Waals surface area (Å²) >= 11 is 0. The summed E-state index contributed by atoms with van der Waals surface area (Å²) in [6, 6.07) is 15.3. The van der Waals surface area contributed by atoms with Gasteiger partial charge >= 0.3 is 0 Å². The maximum atomic E-state index is 13.1. The van der Waals surface area contributed by atoms with Crippen LogP contribution in [0, 0.1) is 25.2 Å². The molecule has 1 aliphatic rings. The Balaban J connectivity index is 1.53. The molecular formula is C25H26N4O3. The summed E-state index contributed by atoms with van der Waals surface area (Å²) in [4.78, 5) is 27.5. The van der Waals surface area contributed by atoms with E-state index < -0.39 is 0 Å². The zero-order valence-corrected chi connectivity index (χ0v) is 18.5. The van der Waals surface area contributed by atoms with Crippen molar-refractivity contribution in [3.8, 4) is 17.3 Å². The maximum absolute atomic E-state index is 13.1. The number of benzene rings is 2. The Hall–Kier alpha value is -3.63. The number of hydrogen-bond donors (Lipinski definition) is 1. The normalized spacial score (nSPS) is 13.6. The number of ether oxygens (including phenoxy) is 1. The largest absolute Gasteiger partial charge is 0.383 e. The first-order valence-electron chi connectivity index (χ1n) is 10.6. The molecule has 2 aromatic carbocycles. The van der Waals surface area contributed by atoms with Gasteiger partial charge in [0, 0.05) is 42.8 Å². The van der Waals surface area contributed by atoms with Gasteiger partial charge in [0.05, 0.1) is 30.5 Å². The van der Waals surface area contributed by atoms with E-state index in [1.807, 2.05) is 54.3 Å². The number of nitrogens with one attached hydrogen (secondary N) is 1. The van der Waals surface area contributed by atoms with Crippen LogP contribution in [-0.4, -0.2) is 47.4 Å². The summed E-state index contributed by atoms with van der Waals surface area (Å²) in [6.45, 7) is 5.94. The van der Waals surface area contributed by atoms with Crippen molar-refractivity contribution in [1.82, 2.24) is 14.7 Å². The first kappa shape index (κ1) is 21.6. The van der Waals surface area contributed by atoms with E-state index in [1.165, 1.54) is 0 Å². The van der Waals surface area contributed by atoms with Gasteiger partial charge in [-0.05, 0) is 49.2 Å². The van der Waals surface area contributed by atoms with Crippen molar-refractivity contribution in [2.45, 2.75) is 26.3 Å². The lowest BCUT2D eigenvalue weighted by atomic mass is 9.90. The van der Waals surface area contributed by atoms with Crippen LogP contribution in [0.3, 0.4) is 0 Å². The zero-order valence-electron chi connectivity index (χ0n) is 18.5.